The fourth-order valence-corrected chi connectivity index (χ4v) is 7.25. The van der Waals surface area contributed by atoms with Crippen LogP contribution in [0.4, 0.5) is 22.4 Å². The summed E-state index contributed by atoms with van der Waals surface area (Å²) < 4.78 is 7.46. The van der Waals surface area contributed by atoms with Crippen LogP contribution in [0.5, 0.6) is 0 Å². The molecule has 0 atom stereocenters. The SMILES string of the molecule is Cn1cc(-c2ccc(N(C(=O)NCc3ccccc3)C3CCC(Nc4ncc(C#N)c(N5CCC6(CCOC6)CC5)n4)CC3)nc2)cn1. The number of carbonyl (C=O) groups is 1. The zero-order chi connectivity index (χ0) is 32.9. The van der Waals surface area contributed by atoms with Crippen LogP contribution in [0.1, 0.15) is 56.1 Å². The number of hydrogen-bond acceptors (Lipinski definition) is 9. The number of rotatable bonds is 8. The van der Waals surface area contributed by atoms with Gasteiger partial charge < -0.3 is 20.3 Å². The van der Waals surface area contributed by atoms with E-state index in [1.807, 2.05) is 66.8 Å². The highest BCUT2D eigenvalue weighted by Crippen LogP contribution is 2.40. The van der Waals surface area contributed by atoms with Gasteiger partial charge in [0.25, 0.3) is 0 Å². The van der Waals surface area contributed by atoms with Crippen molar-refractivity contribution in [1.29, 1.82) is 5.26 Å². The number of nitriles is 1. The summed E-state index contributed by atoms with van der Waals surface area (Å²) in [4.78, 5) is 31.9. The van der Waals surface area contributed by atoms with Crippen LogP contribution in [0.15, 0.2) is 67.3 Å². The molecule has 2 N–H and O–H groups in total. The van der Waals surface area contributed by atoms with Crippen molar-refractivity contribution in [1.82, 2.24) is 30.0 Å². The summed E-state index contributed by atoms with van der Waals surface area (Å²) in [6, 6.07) is 16.1. The second-order valence-electron chi connectivity index (χ2n) is 13.3. The molecule has 12 heteroatoms. The van der Waals surface area contributed by atoms with Crippen molar-refractivity contribution in [3.63, 3.8) is 0 Å². The van der Waals surface area contributed by atoms with Crippen molar-refractivity contribution >= 4 is 23.6 Å². The minimum absolute atomic E-state index is 0.0201. The monoisotopic (exact) mass is 646 g/mol. The van der Waals surface area contributed by atoms with Gasteiger partial charge in [-0.3, -0.25) is 9.58 Å². The van der Waals surface area contributed by atoms with Gasteiger partial charge in [-0.25, -0.2) is 14.8 Å². The Morgan fingerprint density at radius 3 is 2.50 bits per heavy atom. The Labute approximate surface area is 281 Å². The molecule has 5 heterocycles. The second-order valence-corrected chi connectivity index (χ2v) is 13.3. The van der Waals surface area contributed by atoms with Crippen LogP contribution in [-0.4, -0.2) is 69.2 Å². The van der Waals surface area contributed by atoms with Crippen LogP contribution in [0.3, 0.4) is 0 Å². The molecular formula is C36H42N10O2. The summed E-state index contributed by atoms with van der Waals surface area (Å²) in [6.07, 6.45) is 13.7. The van der Waals surface area contributed by atoms with Crippen LogP contribution in [0, 0.1) is 16.7 Å². The van der Waals surface area contributed by atoms with Gasteiger partial charge in [-0.1, -0.05) is 30.3 Å². The number of hydrogen-bond donors (Lipinski definition) is 2. The van der Waals surface area contributed by atoms with Crippen LogP contribution in [0.25, 0.3) is 11.1 Å². The molecule has 0 bridgehead atoms. The Kier molecular flexibility index (Phi) is 9.20. The molecule has 3 fully saturated rings. The summed E-state index contributed by atoms with van der Waals surface area (Å²) in [6.45, 7) is 3.84. The number of aryl methyl sites for hydroxylation is 1. The van der Waals surface area contributed by atoms with E-state index < -0.39 is 0 Å². The molecule has 0 radical (unpaired) electrons. The smallest absolute Gasteiger partial charge is 0.323 e. The maximum absolute atomic E-state index is 13.8. The Hall–Kier alpha value is -5.02. The molecule has 2 aliphatic heterocycles. The van der Waals surface area contributed by atoms with E-state index in [2.05, 4.69) is 31.7 Å². The fourth-order valence-electron chi connectivity index (χ4n) is 7.25. The van der Waals surface area contributed by atoms with Gasteiger partial charge in [-0.05, 0) is 68.1 Å². The molecular weight excluding hydrogens is 604 g/mol. The van der Waals surface area contributed by atoms with E-state index in [0.29, 0.717) is 29.7 Å². The normalized spacial score (nSPS) is 20.3. The lowest BCUT2D eigenvalue weighted by molar-refractivity contribution is 0.133. The molecule has 2 saturated heterocycles. The number of anilines is 3. The number of aromatic nitrogens is 5. The van der Waals surface area contributed by atoms with Crippen molar-refractivity contribution in [3.8, 4) is 17.2 Å². The van der Waals surface area contributed by atoms with Crippen LogP contribution >= 0.6 is 0 Å². The van der Waals surface area contributed by atoms with Gasteiger partial charge in [-0.2, -0.15) is 15.3 Å². The van der Waals surface area contributed by atoms with Crippen molar-refractivity contribution < 1.29 is 9.53 Å². The third kappa shape index (κ3) is 6.96. The van der Waals surface area contributed by atoms with Crippen LogP contribution in [0.2, 0.25) is 0 Å². The predicted octanol–water partition coefficient (Wildman–Crippen LogP) is 5.29. The van der Waals surface area contributed by atoms with Gasteiger partial charge in [-0.15, -0.1) is 0 Å². The molecule has 248 valence electrons. The van der Waals surface area contributed by atoms with E-state index >= 15 is 0 Å². The van der Waals surface area contributed by atoms with Crippen molar-refractivity contribution in [2.24, 2.45) is 12.5 Å². The predicted molar refractivity (Wildman–Crippen MR) is 183 cm³/mol. The summed E-state index contributed by atoms with van der Waals surface area (Å²) in [5.41, 5.74) is 3.74. The first-order valence-corrected chi connectivity index (χ1v) is 16.9. The quantitative estimate of drug-likeness (QED) is 0.262. The third-order valence-electron chi connectivity index (χ3n) is 10.1. The molecule has 1 spiro atoms. The number of ether oxygens (including phenoxy) is 1. The lowest BCUT2D eigenvalue weighted by Crippen LogP contribution is -2.49. The minimum Gasteiger partial charge on any atom is -0.381 e. The van der Waals surface area contributed by atoms with E-state index in [4.69, 9.17) is 14.7 Å². The van der Waals surface area contributed by atoms with Crippen LogP contribution in [-0.2, 0) is 18.3 Å². The molecule has 4 aromatic rings. The van der Waals surface area contributed by atoms with E-state index in [1.165, 1.54) is 0 Å². The zero-order valence-electron chi connectivity index (χ0n) is 27.4. The van der Waals surface area contributed by atoms with Crippen molar-refractivity contribution in [2.75, 3.05) is 41.4 Å². The lowest BCUT2D eigenvalue weighted by atomic mass is 9.78. The van der Waals surface area contributed by atoms with E-state index in [-0.39, 0.29) is 23.5 Å². The number of pyridine rings is 1. The van der Waals surface area contributed by atoms with E-state index in [9.17, 15) is 10.1 Å². The average molecular weight is 647 g/mol. The Morgan fingerprint density at radius 1 is 1.02 bits per heavy atom. The number of carbonyl (C=O) groups excluding carboxylic acids is 1. The van der Waals surface area contributed by atoms with Crippen LogP contribution < -0.4 is 20.4 Å². The highest BCUT2D eigenvalue weighted by Gasteiger charge is 2.39. The molecule has 12 nitrogen and oxygen atoms in total. The lowest BCUT2D eigenvalue weighted by Gasteiger charge is -2.39. The third-order valence-corrected chi connectivity index (χ3v) is 10.1. The molecule has 1 saturated carbocycles. The molecule has 3 aromatic heterocycles. The highest BCUT2D eigenvalue weighted by molar-refractivity contribution is 5.91. The van der Waals surface area contributed by atoms with Gasteiger partial charge >= 0.3 is 6.03 Å². The first kappa shape index (κ1) is 31.6. The molecule has 0 unspecified atom stereocenters. The number of amides is 2. The minimum atomic E-state index is -0.163. The largest absolute Gasteiger partial charge is 0.381 e. The molecule has 3 aliphatic rings. The van der Waals surface area contributed by atoms with Crippen molar-refractivity contribution in [2.45, 2.75) is 63.6 Å². The van der Waals surface area contributed by atoms with Gasteiger partial charge in [0, 0.05) is 68.9 Å². The molecule has 48 heavy (non-hydrogen) atoms. The maximum Gasteiger partial charge on any atom is 0.323 e. The van der Waals surface area contributed by atoms with Crippen molar-refractivity contribution in [3.05, 3.63) is 78.4 Å². The topological polar surface area (TPSA) is 137 Å². The molecule has 1 aromatic carbocycles. The van der Waals surface area contributed by atoms with E-state index in [1.54, 1.807) is 17.1 Å². The molecule has 7 rings (SSSR count). The number of urea groups is 1. The number of piperidine rings is 1. The Bertz CT molecular complexity index is 1730. The fraction of sp³-hybridized carbons (Fsp3) is 0.444. The average Bonchev–Trinajstić information content (AvgIpc) is 3.78. The number of nitrogens with zero attached hydrogens (tertiary/aromatic N) is 8. The summed E-state index contributed by atoms with van der Waals surface area (Å²) in [5.74, 6) is 1.87. The molecule has 2 amide bonds. The van der Waals surface area contributed by atoms with Gasteiger partial charge in [0.1, 0.15) is 17.5 Å². The van der Waals surface area contributed by atoms with Gasteiger partial charge in [0.15, 0.2) is 5.82 Å². The first-order valence-electron chi connectivity index (χ1n) is 16.9. The first-order chi connectivity index (χ1) is 23.5. The highest BCUT2D eigenvalue weighted by atomic mass is 16.5. The Balaban J connectivity index is 1.02. The standard InChI is InChI=1S/C36H42N10O2/c1-44-24-29(23-41-44)27-7-12-32(38-21-27)46(35(47)40-20-26-5-3-2-4-6-26)31-10-8-30(9-11-31)42-34-39-22-28(19-37)33(43-34)45-16-13-36(14-17-45)15-18-48-25-36/h2-7,12,21-24,30-31H,8-11,13-18,20,25H2,1H3,(H,40,47)(H,39,42,43). The maximum atomic E-state index is 13.8. The van der Waals surface area contributed by atoms with Gasteiger partial charge in [0.2, 0.25) is 5.95 Å². The summed E-state index contributed by atoms with van der Waals surface area (Å²) in [5, 5.41) is 20.8. The number of nitrogens with one attached hydrogen (secondary N) is 2. The summed E-state index contributed by atoms with van der Waals surface area (Å²) in [7, 11) is 1.89. The van der Waals surface area contributed by atoms with Gasteiger partial charge in [0.05, 0.1) is 19.0 Å². The number of benzene rings is 1. The molecule has 1 aliphatic carbocycles. The summed E-state index contributed by atoms with van der Waals surface area (Å²) >= 11 is 0. The van der Waals surface area contributed by atoms with E-state index in [0.717, 1.165) is 87.9 Å². The Morgan fingerprint density at radius 2 is 1.83 bits per heavy atom. The zero-order valence-corrected chi connectivity index (χ0v) is 27.4. The second kappa shape index (κ2) is 14.0.